The van der Waals surface area contributed by atoms with Crippen LogP contribution in [0.2, 0.25) is 0 Å². The van der Waals surface area contributed by atoms with Gasteiger partial charge in [-0.3, -0.25) is 14.4 Å². The smallest absolute Gasteiger partial charge is 0.317 e. The first-order chi connectivity index (χ1) is 12.1. The highest BCUT2D eigenvalue weighted by molar-refractivity contribution is 6.26. The highest BCUT2D eigenvalue weighted by atomic mass is 16.5. The second-order valence-corrected chi connectivity index (χ2v) is 8.75. The Morgan fingerprint density at radius 1 is 1.19 bits per heavy atom. The van der Waals surface area contributed by atoms with Crippen molar-refractivity contribution in [3.63, 3.8) is 0 Å². The summed E-state index contributed by atoms with van der Waals surface area (Å²) in [4.78, 5) is 39.6. The van der Waals surface area contributed by atoms with Crippen molar-refractivity contribution >= 4 is 17.5 Å². The van der Waals surface area contributed by atoms with Crippen LogP contribution in [0, 0.1) is 29.6 Å². The van der Waals surface area contributed by atoms with E-state index in [1.54, 1.807) is 25.9 Å². The Kier molecular flexibility index (Phi) is 6.64. The SMILES string of the molecule is CC1CC(=O)/C(=C\N(C)C)C(=O)[C@@H]1C(=O)O[C@@H]1C[C@H](C)CC[C@H]1C(C)C. The molecule has 0 aliphatic heterocycles. The normalized spacial score (nSPS) is 34.3. The van der Waals surface area contributed by atoms with E-state index in [4.69, 9.17) is 4.74 Å². The highest BCUT2D eigenvalue weighted by Gasteiger charge is 2.44. The molecule has 2 rings (SSSR count). The molecule has 5 atom stereocenters. The lowest BCUT2D eigenvalue weighted by Crippen LogP contribution is -2.44. The van der Waals surface area contributed by atoms with E-state index in [2.05, 4.69) is 20.8 Å². The Morgan fingerprint density at radius 3 is 2.42 bits per heavy atom. The van der Waals surface area contributed by atoms with Gasteiger partial charge in [-0.2, -0.15) is 0 Å². The van der Waals surface area contributed by atoms with Crippen LogP contribution < -0.4 is 0 Å². The molecule has 2 aliphatic rings. The van der Waals surface area contributed by atoms with Gasteiger partial charge in [-0.1, -0.05) is 34.1 Å². The van der Waals surface area contributed by atoms with Crippen molar-refractivity contribution < 1.29 is 19.1 Å². The molecule has 5 heteroatoms. The van der Waals surface area contributed by atoms with Crippen LogP contribution in [0.5, 0.6) is 0 Å². The highest BCUT2D eigenvalue weighted by Crippen LogP contribution is 2.37. The summed E-state index contributed by atoms with van der Waals surface area (Å²) < 4.78 is 5.89. The molecule has 146 valence electrons. The van der Waals surface area contributed by atoms with E-state index in [9.17, 15) is 14.4 Å². The number of esters is 1. The summed E-state index contributed by atoms with van der Waals surface area (Å²) in [6, 6.07) is 0. The summed E-state index contributed by atoms with van der Waals surface area (Å²) in [7, 11) is 3.52. The van der Waals surface area contributed by atoms with Crippen molar-refractivity contribution in [1.29, 1.82) is 0 Å². The number of ketones is 2. The zero-order chi connectivity index (χ0) is 19.6. The number of ether oxygens (including phenoxy) is 1. The van der Waals surface area contributed by atoms with Crippen LogP contribution >= 0.6 is 0 Å². The van der Waals surface area contributed by atoms with Crippen LogP contribution in [0.15, 0.2) is 11.8 Å². The van der Waals surface area contributed by atoms with Crippen LogP contribution in [-0.4, -0.2) is 42.6 Å². The van der Waals surface area contributed by atoms with Crippen LogP contribution in [0.4, 0.5) is 0 Å². The van der Waals surface area contributed by atoms with Gasteiger partial charge < -0.3 is 9.64 Å². The van der Waals surface area contributed by atoms with Crippen LogP contribution in [0.25, 0.3) is 0 Å². The van der Waals surface area contributed by atoms with Crippen molar-refractivity contribution in [2.75, 3.05) is 14.1 Å². The van der Waals surface area contributed by atoms with Crippen molar-refractivity contribution in [3.8, 4) is 0 Å². The summed E-state index contributed by atoms with van der Waals surface area (Å²) in [6.07, 6.45) is 4.65. The Morgan fingerprint density at radius 2 is 1.85 bits per heavy atom. The zero-order valence-corrected chi connectivity index (χ0v) is 17.0. The quantitative estimate of drug-likeness (QED) is 0.332. The minimum absolute atomic E-state index is 0.118. The summed E-state index contributed by atoms with van der Waals surface area (Å²) in [5, 5.41) is 0. The van der Waals surface area contributed by atoms with Gasteiger partial charge >= 0.3 is 5.97 Å². The molecule has 26 heavy (non-hydrogen) atoms. The van der Waals surface area contributed by atoms with Gasteiger partial charge in [0.15, 0.2) is 11.6 Å². The fraction of sp³-hybridized carbons (Fsp3) is 0.762. The summed E-state index contributed by atoms with van der Waals surface area (Å²) in [5.41, 5.74) is 0.118. The number of allylic oxidation sites excluding steroid dienone is 1. The van der Waals surface area contributed by atoms with Gasteiger partial charge in [-0.25, -0.2) is 0 Å². The van der Waals surface area contributed by atoms with Crippen molar-refractivity contribution in [1.82, 2.24) is 4.90 Å². The third-order valence-corrected chi connectivity index (χ3v) is 5.79. The fourth-order valence-corrected chi connectivity index (χ4v) is 4.29. The molecule has 0 aromatic rings. The van der Waals surface area contributed by atoms with Gasteiger partial charge in [0.1, 0.15) is 12.0 Å². The second kappa shape index (κ2) is 8.36. The maximum Gasteiger partial charge on any atom is 0.317 e. The summed E-state index contributed by atoms with van der Waals surface area (Å²) in [5.74, 6) is -0.932. The summed E-state index contributed by atoms with van der Waals surface area (Å²) >= 11 is 0. The molecular formula is C21H33NO4. The van der Waals surface area contributed by atoms with Crippen LogP contribution in [0.1, 0.15) is 53.4 Å². The van der Waals surface area contributed by atoms with E-state index in [1.807, 2.05) is 0 Å². The van der Waals surface area contributed by atoms with E-state index in [0.29, 0.717) is 17.8 Å². The van der Waals surface area contributed by atoms with Crippen molar-refractivity contribution in [2.45, 2.75) is 59.5 Å². The molecule has 0 N–H and O–H groups in total. The molecule has 0 aromatic carbocycles. The number of rotatable bonds is 4. The maximum atomic E-state index is 12.9. The number of hydrogen-bond acceptors (Lipinski definition) is 5. The van der Waals surface area contributed by atoms with Gasteiger partial charge in [0.25, 0.3) is 0 Å². The van der Waals surface area contributed by atoms with Crippen LogP contribution in [-0.2, 0) is 19.1 Å². The molecule has 0 bridgehead atoms. The molecule has 2 aliphatic carbocycles. The van der Waals surface area contributed by atoms with Crippen molar-refractivity contribution in [3.05, 3.63) is 11.8 Å². The van der Waals surface area contributed by atoms with E-state index in [1.165, 1.54) is 6.20 Å². The minimum atomic E-state index is -0.871. The van der Waals surface area contributed by atoms with Gasteiger partial charge in [0, 0.05) is 26.7 Å². The monoisotopic (exact) mass is 363 g/mol. The zero-order valence-electron chi connectivity index (χ0n) is 17.0. The van der Waals surface area contributed by atoms with Crippen LogP contribution in [0.3, 0.4) is 0 Å². The molecule has 5 nitrogen and oxygen atoms in total. The van der Waals surface area contributed by atoms with Gasteiger partial charge in [-0.05, 0) is 36.5 Å². The molecule has 1 unspecified atom stereocenters. The third-order valence-electron chi connectivity index (χ3n) is 5.79. The summed E-state index contributed by atoms with van der Waals surface area (Å²) in [6.45, 7) is 8.29. The molecular weight excluding hydrogens is 330 g/mol. The van der Waals surface area contributed by atoms with Gasteiger partial charge in [0.05, 0.1) is 5.57 Å². The Balaban J connectivity index is 2.18. The molecule has 0 radical (unpaired) electrons. The van der Waals surface area contributed by atoms with Gasteiger partial charge in [0.2, 0.25) is 0 Å². The molecule has 0 spiro atoms. The predicted molar refractivity (Wildman–Crippen MR) is 100 cm³/mol. The maximum absolute atomic E-state index is 12.9. The standard InChI is InChI=1S/C21H33NO4/c1-12(2)15-8-7-13(3)9-18(15)26-21(25)19-14(4)10-17(23)16(20(19)24)11-22(5)6/h11-15,18-19H,7-10H2,1-6H3/b16-11+/t13-,14?,15+,18-,19-/m1/s1. The minimum Gasteiger partial charge on any atom is -0.462 e. The van der Waals surface area contributed by atoms with Crippen molar-refractivity contribution in [2.24, 2.45) is 29.6 Å². The van der Waals surface area contributed by atoms with Gasteiger partial charge in [-0.15, -0.1) is 0 Å². The molecule has 2 fully saturated rings. The number of carbonyl (C=O) groups excluding carboxylic acids is 3. The number of Topliss-reactive ketones (excluding diaryl/α,β-unsaturated/α-hetero) is 2. The van der Waals surface area contributed by atoms with E-state index >= 15 is 0 Å². The number of carbonyl (C=O) groups is 3. The third kappa shape index (κ3) is 4.54. The Labute approximate surface area is 157 Å². The first kappa shape index (κ1) is 20.7. The topological polar surface area (TPSA) is 63.7 Å². The lowest BCUT2D eigenvalue weighted by atomic mass is 9.74. The number of nitrogens with zero attached hydrogens (tertiary/aromatic N) is 1. The van der Waals surface area contributed by atoms with E-state index < -0.39 is 17.7 Å². The average molecular weight is 363 g/mol. The number of hydrogen-bond donors (Lipinski definition) is 0. The second-order valence-electron chi connectivity index (χ2n) is 8.75. The molecule has 0 heterocycles. The molecule has 0 aromatic heterocycles. The lowest BCUT2D eigenvalue weighted by molar-refractivity contribution is -0.165. The van der Waals surface area contributed by atoms with E-state index in [-0.39, 0.29) is 29.8 Å². The first-order valence-corrected chi connectivity index (χ1v) is 9.78. The molecule has 0 saturated heterocycles. The Hall–Kier alpha value is -1.65. The Bertz CT molecular complexity index is 593. The molecule has 0 amide bonds. The average Bonchev–Trinajstić information content (AvgIpc) is 2.50. The lowest BCUT2D eigenvalue weighted by Gasteiger charge is -2.38. The molecule has 2 saturated carbocycles. The fourth-order valence-electron chi connectivity index (χ4n) is 4.29. The predicted octanol–water partition coefficient (Wildman–Crippen LogP) is 3.23. The first-order valence-electron chi connectivity index (χ1n) is 9.78. The van der Waals surface area contributed by atoms with E-state index in [0.717, 1.165) is 19.3 Å². The largest absolute Gasteiger partial charge is 0.462 e.